The minimum Gasteiger partial charge on any atom is -0.544 e. The van der Waals surface area contributed by atoms with Crippen molar-refractivity contribution in [2.75, 3.05) is 0 Å². The van der Waals surface area contributed by atoms with Crippen LogP contribution in [0.25, 0.3) is 0 Å². The van der Waals surface area contributed by atoms with Crippen molar-refractivity contribution in [3.05, 3.63) is 38.0 Å². The maximum Gasteiger partial charge on any atom is 0.105 e. The summed E-state index contributed by atoms with van der Waals surface area (Å²) in [5.41, 5.74) is 4.17. The van der Waals surface area contributed by atoms with Crippen LogP contribution in [0.3, 0.4) is 0 Å². The Morgan fingerprint density at radius 2 is 1.21 bits per heavy atom. The topological polar surface area (TPSA) is 73.8 Å². The minimum absolute atomic E-state index is 0.0469. The van der Waals surface area contributed by atoms with Gasteiger partial charge in [0, 0.05) is 19.3 Å². The largest absolute Gasteiger partial charge is 0.544 e. The monoisotopic (exact) mass is 219 g/mol. The third kappa shape index (κ3) is 9.48. The summed E-state index contributed by atoms with van der Waals surface area (Å²) in [6, 6.07) is 0. The number of hydrogen-bond donors (Lipinski definition) is 1. The van der Waals surface area contributed by atoms with E-state index in [1.165, 1.54) is 0 Å². The molecule has 0 fully saturated rings. The molecule has 0 aliphatic carbocycles. The van der Waals surface area contributed by atoms with E-state index < -0.39 is 11.3 Å². The second-order valence-electron chi connectivity index (χ2n) is 3.04. The van der Waals surface area contributed by atoms with Crippen molar-refractivity contribution in [2.24, 2.45) is 0 Å². The highest BCUT2D eigenvalue weighted by Crippen LogP contribution is 2.15. The predicted octanol–water partition coefficient (Wildman–Crippen LogP) is -0.683. The summed E-state index contributed by atoms with van der Waals surface area (Å²) in [7, 11) is 0. The van der Waals surface area contributed by atoms with Crippen molar-refractivity contribution in [3.8, 4) is 0 Å². The molecule has 14 heavy (non-hydrogen) atoms. The molecule has 0 amide bonds. The zero-order chi connectivity index (χ0) is 11.4. The standard InChI is InChI=1S/C10H17N.ClO2/c1-4-7-10(11,8-5-2)9-6-3;2-1-3/h4-6H,1-3,7-9,11H2;/q;-1/p+1. The van der Waals surface area contributed by atoms with Gasteiger partial charge in [0.2, 0.25) is 0 Å². The SMILES string of the molecule is C=CCC([NH3+])(CC=C)CC=C.[O-][Cl+][O-]. The smallest absolute Gasteiger partial charge is 0.105 e. The van der Waals surface area contributed by atoms with Crippen molar-refractivity contribution < 1.29 is 26.4 Å². The normalized spacial score (nSPS) is 9.64. The first-order chi connectivity index (χ1) is 6.60. The van der Waals surface area contributed by atoms with E-state index in [1.54, 1.807) is 0 Å². The Morgan fingerprint density at radius 1 is 1.00 bits per heavy atom. The highest BCUT2D eigenvalue weighted by Gasteiger charge is 2.23. The van der Waals surface area contributed by atoms with Gasteiger partial charge in [0.15, 0.2) is 0 Å². The second kappa shape index (κ2) is 10.5. The van der Waals surface area contributed by atoms with Gasteiger partial charge in [0.05, 0.1) is 11.3 Å². The quantitative estimate of drug-likeness (QED) is 0.601. The van der Waals surface area contributed by atoms with E-state index >= 15 is 0 Å². The molecule has 0 unspecified atom stereocenters. The molecule has 0 aliphatic rings. The third-order valence-corrected chi connectivity index (χ3v) is 1.73. The summed E-state index contributed by atoms with van der Waals surface area (Å²) in [4.78, 5) is 0. The average Bonchev–Trinajstić information content (AvgIpc) is 2.06. The fraction of sp³-hybridized carbons (Fsp3) is 0.400. The molecule has 4 heteroatoms. The molecule has 0 aromatic heterocycles. The molecular formula is C10H18ClNO2. The number of rotatable bonds is 6. The van der Waals surface area contributed by atoms with E-state index in [9.17, 15) is 0 Å². The molecule has 0 rings (SSSR count). The molecule has 0 spiro atoms. The van der Waals surface area contributed by atoms with E-state index in [2.05, 4.69) is 25.5 Å². The molecule has 0 saturated carbocycles. The number of hydrogen-bond acceptors (Lipinski definition) is 2. The van der Waals surface area contributed by atoms with Crippen molar-refractivity contribution in [1.82, 2.24) is 0 Å². The molecule has 0 aliphatic heterocycles. The lowest BCUT2D eigenvalue weighted by Gasteiger charge is -2.20. The Morgan fingerprint density at radius 3 is 1.36 bits per heavy atom. The Labute approximate surface area is 89.7 Å². The van der Waals surface area contributed by atoms with Crippen LogP contribution in [0, 0.1) is 11.3 Å². The number of quaternary nitrogens is 1. The van der Waals surface area contributed by atoms with Gasteiger partial charge in [-0.15, -0.1) is 19.7 Å². The lowest BCUT2D eigenvalue weighted by molar-refractivity contribution is -1.41. The molecule has 3 N–H and O–H groups in total. The van der Waals surface area contributed by atoms with Crippen molar-refractivity contribution in [2.45, 2.75) is 24.8 Å². The van der Waals surface area contributed by atoms with Gasteiger partial charge in [0.1, 0.15) is 5.54 Å². The molecule has 0 heterocycles. The molecule has 82 valence electrons. The fourth-order valence-electron chi connectivity index (χ4n) is 1.17. The molecule has 0 aromatic carbocycles. The highest BCUT2D eigenvalue weighted by atomic mass is 35.6. The summed E-state index contributed by atoms with van der Waals surface area (Å²) in [6.45, 7) is 11.1. The first-order valence-corrected chi connectivity index (χ1v) is 4.79. The van der Waals surface area contributed by atoms with Crippen LogP contribution in [-0.4, -0.2) is 5.54 Å². The zero-order valence-corrected chi connectivity index (χ0v) is 9.13. The molecule has 0 radical (unpaired) electrons. The lowest BCUT2D eigenvalue weighted by atomic mass is 9.89. The van der Waals surface area contributed by atoms with Crippen LogP contribution in [0.4, 0.5) is 0 Å². The summed E-state index contributed by atoms with van der Waals surface area (Å²) < 4.78 is 16.5. The first kappa shape index (κ1) is 15.8. The zero-order valence-electron chi connectivity index (χ0n) is 8.38. The van der Waals surface area contributed by atoms with Gasteiger partial charge in [0.25, 0.3) is 0 Å². The van der Waals surface area contributed by atoms with Gasteiger partial charge in [-0.05, 0) is 0 Å². The van der Waals surface area contributed by atoms with Gasteiger partial charge in [-0.3, -0.25) is 0 Å². The Bertz CT molecular complexity index is 145. The van der Waals surface area contributed by atoms with Crippen LogP contribution < -0.4 is 15.1 Å². The first-order valence-electron chi connectivity index (χ1n) is 4.17. The van der Waals surface area contributed by atoms with Crippen molar-refractivity contribution >= 4 is 0 Å². The van der Waals surface area contributed by atoms with E-state index in [1.807, 2.05) is 18.2 Å². The van der Waals surface area contributed by atoms with Crippen molar-refractivity contribution in [1.29, 1.82) is 0 Å². The molecule has 3 nitrogen and oxygen atoms in total. The van der Waals surface area contributed by atoms with Gasteiger partial charge in [-0.1, -0.05) is 18.2 Å². The van der Waals surface area contributed by atoms with E-state index in [0.717, 1.165) is 19.3 Å². The van der Waals surface area contributed by atoms with Gasteiger partial charge >= 0.3 is 0 Å². The molecular weight excluding hydrogens is 202 g/mol. The van der Waals surface area contributed by atoms with E-state index in [4.69, 9.17) is 9.32 Å². The second-order valence-corrected chi connectivity index (χ2v) is 3.17. The summed E-state index contributed by atoms with van der Waals surface area (Å²) in [5, 5.41) is 0. The lowest BCUT2D eigenvalue weighted by Crippen LogP contribution is -2.71. The van der Waals surface area contributed by atoms with Gasteiger partial charge in [-0.25, -0.2) is 0 Å². The van der Waals surface area contributed by atoms with Crippen LogP contribution in [-0.2, 0) is 0 Å². The van der Waals surface area contributed by atoms with E-state index in [-0.39, 0.29) is 5.54 Å². The summed E-state index contributed by atoms with van der Waals surface area (Å²) in [6.07, 6.45) is 8.47. The Hall–Kier alpha value is -0.610. The fourth-order valence-corrected chi connectivity index (χ4v) is 1.17. The van der Waals surface area contributed by atoms with Gasteiger partial charge < -0.3 is 15.1 Å². The number of halogens is 1. The summed E-state index contributed by atoms with van der Waals surface area (Å²) in [5.74, 6) is 0. The Kier molecular flexibility index (Phi) is 11.9. The summed E-state index contributed by atoms with van der Waals surface area (Å²) >= 11 is -0.417. The average molecular weight is 220 g/mol. The third-order valence-electron chi connectivity index (χ3n) is 1.73. The van der Waals surface area contributed by atoms with Crippen LogP contribution in [0.2, 0.25) is 0 Å². The molecule has 0 aromatic rings. The molecule has 0 bridgehead atoms. The van der Waals surface area contributed by atoms with Crippen LogP contribution in [0.5, 0.6) is 0 Å². The maximum absolute atomic E-state index is 8.24. The van der Waals surface area contributed by atoms with E-state index in [0.29, 0.717) is 0 Å². The predicted molar refractivity (Wildman–Crippen MR) is 50.1 cm³/mol. The highest BCUT2D eigenvalue weighted by molar-refractivity contribution is 4.94. The minimum atomic E-state index is -0.417. The van der Waals surface area contributed by atoms with Gasteiger partial charge in [-0.2, -0.15) is 0 Å². The van der Waals surface area contributed by atoms with Crippen molar-refractivity contribution in [3.63, 3.8) is 0 Å². The van der Waals surface area contributed by atoms with Crippen LogP contribution in [0.15, 0.2) is 38.0 Å². The molecule has 0 saturated heterocycles. The van der Waals surface area contributed by atoms with Crippen LogP contribution >= 0.6 is 0 Å². The van der Waals surface area contributed by atoms with Crippen LogP contribution in [0.1, 0.15) is 19.3 Å². The maximum atomic E-state index is 8.24. The Balaban J connectivity index is 0. The molecule has 0 atom stereocenters.